The Bertz CT molecular complexity index is 684. The van der Waals surface area contributed by atoms with Gasteiger partial charge in [-0.05, 0) is 23.6 Å². The highest BCUT2D eigenvalue weighted by atomic mass is 19.1. The van der Waals surface area contributed by atoms with Crippen LogP contribution in [0, 0.1) is 11.7 Å². The Morgan fingerprint density at radius 3 is 2.48 bits per heavy atom. The van der Waals surface area contributed by atoms with E-state index >= 15 is 0 Å². The molecule has 1 aromatic rings. The largest absolute Gasteiger partial charge is 0.375 e. The minimum absolute atomic E-state index is 0.0258. The molecule has 1 N–H and O–H groups in total. The summed E-state index contributed by atoms with van der Waals surface area (Å²) in [7, 11) is 1.51. The molecule has 0 saturated carbocycles. The van der Waals surface area contributed by atoms with Crippen molar-refractivity contribution in [1.29, 1.82) is 0 Å². The topological polar surface area (TPSA) is 61.9 Å². The van der Waals surface area contributed by atoms with Crippen LogP contribution in [-0.4, -0.2) is 60.1 Å². The Labute approximate surface area is 159 Å². The van der Waals surface area contributed by atoms with Gasteiger partial charge in [0.2, 0.25) is 11.8 Å². The highest BCUT2D eigenvalue weighted by Gasteiger charge is 2.52. The number of nitrogens with one attached hydrogen (secondary N) is 1. The van der Waals surface area contributed by atoms with Crippen LogP contribution in [0.4, 0.5) is 4.39 Å². The van der Waals surface area contributed by atoms with Crippen molar-refractivity contribution in [1.82, 2.24) is 15.1 Å². The highest BCUT2D eigenvalue weighted by Crippen LogP contribution is 2.35. The number of ether oxygens (including phenoxy) is 1. The number of benzene rings is 1. The van der Waals surface area contributed by atoms with Crippen LogP contribution in [0.3, 0.4) is 0 Å². The zero-order valence-corrected chi connectivity index (χ0v) is 16.2. The number of methoxy groups -OCH3 is 1. The van der Waals surface area contributed by atoms with E-state index in [1.165, 1.54) is 19.2 Å². The van der Waals surface area contributed by atoms with Gasteiger partial charge < -0.3 is 14.5 Å². The fraction of sp³-hybridized carbons (Fsp3) is 0.600. The van der Waals surface area contributed by atoms with Crippen molar-refractivity contribution in [2.75, 3.05) is 26.8 Å². The van der Waals surface area contributed by atoms with Gasteiger partial charge in [0.15, 0.2) is 0 Å². The zero-order valence-electron chi connectivity index (χ0n) is 16.2. The molecule has 1 unspecified atom stereocenters. The molecule has 0 aliphatic carbocycles. The molecule has 0 bridgehead atoms. The van der Waals surface area contributed by atoms with Gasteiger partial charge in [-0.1, -0.05) is 26.0 Å². The van der Waals surface area contributed by atoms with E-state index in [0.29, 0.717) is 32.5 Å². The van der Waals surface area contributed by atoms with Crippen LogP contribution in [0.2, 0.25) is 0 Å². The van der Waals surface area contributed by atoms with E-state index in [4.69, 9.17) is 4.74 Å². The molecule has 2 amide bonds. The molecule has 2 aliphatic heterocycles. The van der Waals surface area contributed by atoms with Gasteiger partial charge in [-0.25, -0.2) is 4.39 Å². The first kappa shape index (κ1) is 19.8. The quantitative estimate of drug-likeness (QED) is 0.849. The second-order valence-electron chi connectivity index (χ2n) is 7.76. The first-order valence-electron chi connectivity index (χ1n) is 9.46. The van der Waals surface area contributed by atoms with Gasteiger partial charge in [0.05, 0.1) is 11.7 Å². The Hall–Kier alpha value is -1.99. The Kier molecular flexibility index (Phi) is 5.81. The summed E-state index contributed by atoms with van der Waals surface area (Å²) < 4.78 is 18.2. The smallest absolute Gasteiger partial charge is 0.248 e. The average Bonchev–Trinajstić information content (AvgIpc) is 2.90. The van der Waals surface area contributed by atoms with Gasteiger partial charge in [-0.3, -0.25) is 14.9 Å². The molecule has 2 saturated heterocycles. The molecule has 1 aromatic carbocycles. The van der Waals surface area contributed by atoms with Crippen LogP contribution in [0.1, 0.15) is 32.3 Å². The molecule has 2 fully saturated rings. The van der Waals surface area contributed by atoms with Gasteiger partial charge in [-0.2, -0.15) is 0 Å². The van der Waals surface area contributed by atoms with E-state index in [1.54, 1.807) is 17.0 Å². The molecule has 0 radical (unpaired) electrons. The summed E-state index contributed by atoms with van der Waals surface area (Å²) in [5.74, 6) is -0.0711. The zero-order chi connectivity index (χ0) is 19.6. The molecular weight excluding hydrogens is 349 g/mol. The van der Waals surface area contributed by atoms with Crippen molar-refractivity contribution >= 4 is 11.8 Å². The lowest BCUT2D eigenvalue weighted by Crippen LogP contribution is -2.59. The SMILES string of the molecule is COCC(=O)N1CCC2(CC1)NC(C(C)C)C(=O)N2Cc1ccc(F)cc1. The molecule has 2 heterocycles. The predicted molar refractivity (Wildman–Crippen MR) is 99.1 cm³/mol. The second-order valence-corrected chi connectivity index (χ2v) is 7.76. The van der Waals surface area contributed by atoms with Gasteiger partial charge in [0, 0.05) is 39.6 Å². The van der Waals surface area contributed by atoms with Crippen molar-refractivity contribution in [2.45, 2.75) is 44.9 Å². The Morgan fingerprint density at radius 1 is 1.30 bits per heavy atom. The number of likely N-dealkylation sites (tertiary alicyclic amines) is 1. The Balaban J connectivity index is 1.79. The first-order valence-corrected chi connectivity index (χ1v) is 9.46. The third-order valence-electron chi connectivity index (χ3n) is 5.60. The fourth-order valence-corrected chi connectivity index (χ4v) is 4.02. The summed E-state index contributed by atoms with van der Waals surface area (Å²) in [6.07, 6.45) is 1.33. The molecule has 6 nitrogen and oxygen atoms in total. The Morgan fingerprint density at radius 2 is 1.93 bits per heavy atom. The highest BCUT2D eigenvalue weighted by molar-refractivity contribution is 5.85. The van der Waals surface area contributed by atoms with Crippen molar-refractivity contribution in [3.05, 3.63) is 35.6 Å². The molecule has 1 spiro atoms. The third kappa shape index (κ3) is 3.99. The van der Waals surface area contributed by atoms with E-state index in [-0.39, 0.29) is 36.2 Å². The van der Waals surface area contributed by atoms with Crippen LogP contribution < -0.4 is 5.32 Å². The number of carbonyl (C=O) groups is 2. The van der Waals surface area contributed by atoms with Crippen LogP contribution in [-0.2, 0) is 20.9 Å². The third-order valence-corrected chi connectivity index (χ3v) is 5.60. The van der Waals surface area contributed by atoms with E-state index in [0.717, 1.165) is 5.56 Å². The number of hydrogen-bond donors (Lipinski definition) is 1. The molecular formula is C20H28FN3O3. The number of hydrogen-bond acceptors (Lipinski definition) is 4. The molecule has 1 atom stereocenters. The first-order chi connectivity index (χ1) is 12.9. The van der Waals surface area contributed by atoms with Crippen LogP contribution in [0.15, 0.2) is 24.3 Å². The van der Waals surface area contributed by atoms with Crippen LogP contribution in [0.5, 0.6) is 0 Å². The standard InChI is InChI=1S/C20H28FN3O3/c1-14(2)18-19(26)24(12-15-4-6-16(21)7-5-15)20(22-18)8-10-23(11-9-20)17(25)13-27-3/h4-7,14,18,22H,8-13H2,1-3H3. The van der Waals surface area contributed by atoms with Crippen LogP contribution >= 0.6 is 0 Å². The molecule has 0 aromatic heterocycles. The maximum absolute atomic E-state index is 13.2. The maximum Gasteiger partial charge on any atom is 0.248 e. The van der Waals surface area contributed by atoms with Gasteiger partial charge in [0.1, 0.15) is 12.4 Å². The molecule has 27 heavy (non-hydrogen) atoms. The number of rotatable bonds is 5. The van der Waals surface area contributed by atoms with Gasteiger partial charge >= 0.3 is 0 Å². The molecule has 7 heteroatoms. The van der Waals surface area contributed by atoms with Crippen molar-refractivity contribution in [3.8, 4) is 0 Å². The lowest BCUT2D eigenvalue weighted by atomic mass is 9.95. The second kappa shape index (κ2) is 7.94. The van der Waals surface area contributed by atoms with Crippen molar-refractivity contribution < 1.29 is 18.7 Å². The summed E-state index contributed by atoms with van der Waals surface area (Å²) in [5, 5.41) is 3.56. The number of halogens is 1. The molecule has 148 valence electrons. The van der Waals surface area contributed by atoms with E-state index in [2.05, 4.69) is 5.32 Å². The molecule has 2 aliphatic rings. The van der Waals surface area contributed by atoms with E-state index < -0.39 is 5.66 Å². The van der Waals surface area contributed by atoms with Crippen LogP contribution in [0.25, 0.3) is 0 Å². The maximum atomic E-state index is 13.2. The number of nitrogens with zero attached hydrogens (tertiary/aromatic N) is 2. The fourth-order valence-electron chi connectivity index (χ4n) is 4.02. The number of piperidine rings is 1. The summed E-state index contributed by atoms with van der Waals surface area (Å²) in [6.45, 7) is 5.72. The summed E-state index contributed by atoms with van der Waals surface area (Å²) in [4.78, 5) is 28.9. The van der Waals surface area contributed by atoms with E-state index in [1.807, 2.05) is 18.7 Å². The summed E-state index contributed by atoms with van der Waals surface area (Å²) in [6, 6.07) is 6.03. The predicted octanol–water partition coefficient (Wildman–Crippen LogP) is 1.75. The lowest BCUT2D eigenvalue weighted by molar-refractivity contribution is -0.140. The lowest BCUT2D eigenvalue weighted by Gasteiger charge is -2.44. The van der Waals surface area contributed by atoms with Crippen molar-refractivity contribution in [3.63, 3.8) is 0 Å². The van der Waals surface area contributed by atoms with Gasteiger partial charge in [-0.15, -0.1) is 0 Å². The van der Waals surface area contributed by atoms with E-state index in [9.17, 15) is 14.0 Å². The van der Waals surface area contributed by atoms with Gasteiger partial charge in [0.25, 0.3) is 0 Å². The average molecular weight is 377 g/mol. The number of amides is 2. The van der Waals surface area contributed by atoms with Crippen molar-refractivity contribution in [2.24, 2.45) is 5.92 Å². The monoisotopic (exact) mass is 377 g/mol. The minimum Gasteiger partial charge on any atom is -0.375 e. The molecule has 3 rings (SSSR count). The summed E-state index contributed by atoms with van der Waals surface area (Å²) in [5.41, 5.74) is 0.429. The normalized spacial score (nSPS) is 22.1. The number of carbonyl (C=O) groups excluding carboxylic acids is 2. The summed E-state index contributed by atoms with van der Waals surface area (Å²) >= 11 is 0. The minimum atomic E-state index is -0.468.